The van der Waals surface area contributed by atoms with Crippen LogP contribution in [0.1, 0.15) is 0 Å². The molecule has 0 atom stereocenters. The molecule has 0 aliphatic carbocycles. The first-order valence-electron chi connectivity index (χ1n) is 8.81. The van der Waals surface area contributed by atoms with E-state index < -0.39 is 0 Å². The molecule has 0 aliphatic rings. The van der Waals surface area contributed by atoms with Gasteiger partial charge >= 0.3 is 0 Å². The number of fused-ring (bicyclic) bond motifs is 1. The number of hydrogen-bond acceptors (Lipinski definition) is 5. The van der Waals surface area contributed by atoms with Crippen molar-refractivity contribution in [2.75, 3.05) is 7.11 Å². The van der Waals surface area contributed by atoms with Crippen molar-refractivity contribution in [3.05, 3.63) is 73.3 Å². The SMILES string of the molecule is COc1ccccc1-c1[nH]nc2ncc(-c3cccc(-c4ncco4)c3)cc12. The summed E-state index contributed by atoms with van der Waals surface area (Å²) in [6, 6.07) is 18.0. The van der Waals surface area contributed by atoms with E-state index in [0.29, 0.717) is 11.5 Å². The molecule has 0 amide bonds. The van der Waals surface area contributed by atoms with E-state index in [4.69, 9.17) is 9.15 Å². The molecule has 0 fully saturated rings. The van der Waals surface area contributed by atoms with Crippen LogP contribution in [0, 0.1) is 0 Å². The summed E-state index contributed by atoms with van der Waals surface area (Å²) >= 11 is 0. The summed E-state index contributed by atoms with van der Waals surface area (Å²) in [5.41, 5.74) is 5.41. The Morgan fingerprint density at radius 1 is 0.929 bits per heavy atom. The number of methoxy groups -OCH3 is 1. The maximum atomic E-state index is 5.50. The lowest BCUT2D eigenvalue weighted by Crippen LogP contribution is -1.88. The van der Waals surface area contributed by atoms with Gasteiger partial charge in [0.15, 0.2) is 5.65 Å². The van der Waals surface area contributed by atoms with Crippen molar-refractivity contribution in [1.29, 1.82) is 0 Å². The third kappa shape index (κ3) is 2.72. The molecule has 6 nitrogen and oxygen atoms in total. The number of nitrogens with one attached hydrogen (secondary N) is 1. The van der Waals surface area contributed by atoms with Gasteiger partial charge in [-0.2, -0.15) is 5.10 Å². The summed E-state index contributed by atoms with van der Waals surface area (Å²) < 4.78 is 10.9. The maximum absolute atomic E-state index is 5.50. The lowest BCUT2D eigenvalue weighted by molar-refractivity contribution is 0.416. The lowest BCUT2D eigenvalue weighted by Gasteiger charge is -2.07. The Kier molecular flexibility index (Phi) is 3.87. The van der Waals surface area contributed by atoms with Gasteiger partial charge in [-0.05, 0) is 35.9 Å². The number of aromatic nitrogens is 4. The number of ether oxygens (including phenoxy) is 1. The van der Waals surface area contributed by atoms with Gasteiger partial charge in [0.05, 0.1) is 19.0 Å². The molecule has 0 unspecified atom stereocenters. The molecular formula is C22H16N4O2. The van der Waals surface area contributed by atoms with Crippen LogP contribution in [0.25, 0.3) is 44.9 Å². The van der Waals surface area contributed by atoms with Crippen molar-refractivity contribution in [3.8, 4) is 39.6 Å². The molecule has 0 radical (unpaired) electrons. The second kappa shape index (κ2) is 6.66. The van der Waals surface area contributed by atoms with Gasteiger partial charge in [-0.25, -0.2) is 9.97 Å². The molecule has 0 aliphatic heterocycles. The van der Waals surface area contributed by atoms with Crippen LogP contribution in [0.15, 0.2) is 77.7 Å². The fourth-order valence-corrected chi connectivity index (χ4v) is 3.31. The summed E-state index contributed by atoms with van der Waals surface area (Å²) in [7, 11) is 1.66. The summed E-state index contributed by atoms with van der Waals surface area (Å²) in [5.74, 6) is 1.37. The van der Waals surface area contributed by atoms with E-state index in [2.05, 4.69) is 26.2 Å². The van der Waals surface area contributed by atoms with Crippen molar-refractivity contribution in [3.63, 3.8) is 0 Å². The fraction of sp³-hybridized carbons (Fsp3) is 0.0455. The van der Waals surface area contributed by atoms with Crippen LogP contribution in [0.5, 0.6) is 5.75 Å². The van der Waals surface area contributed by atoms with Gasteiger partial charge in [-0.3, -0.25) is 5.10 Å². The first-order valence-corrected chi connectivity index (χ1v) is 8.81. The van der Waals surface area contributed by atoms with Gasteiger partial charge in [0, 0.05) is 28.3 Å². The van der Waals surface area contributed by atoms with Crippen LogP contribution in [-0.2, 0) is 0 Å². The third-order valence-corrected chi connectivity index (χ3v) is 4.66. The molecule has 3 heterocycles. The summed E-state index contributed by atoms with van der Waals surface area (Å²) in [6.45, 7) is 0. The summed E-state index contributed by atoms with van der Waals surface area (Å²) in [6.07, 6.45) is 5.03. The van der Waals surface area contributed by atoms with Crippen molar-refractivity contribution in [2.24, 2.45) is 0 Å². The summed E-state index contributed by atoms with van der Waals surface area (Å²) in [4.78, 5) is 8.75. The third-order valence-electron chi connectivity index (χ3n) is 4.66. The molecule has 5 rings (SSSR count). The Hall–Kier alpha value is -3.93. The van der Waals surface area contributed by atoms with Gasteiger partial charge in [0.2, 0.25) is 5.89 Å². The molecule has 1 N–H and O–H groups in total. The van der Waals surface area contributed by atoms with Crippen molar-refractivity contribution >= 4 is 11.0 Å². The Balaban J connectivity index is 1.64. The average Bonchev–Trinajstić information content (AvgIpc) is 3.43. The highest BCUT2D eigenvalue weighted by Crippen LogP contribution is 2.34. The zero-order chi connectivity index (χ0) is 18.9. The molecule has 0 spiro atoms. The Bertz CT molecular complexity index is 1260. The molecule has 0 saturated heterocycles. The van der Waals surface area contributed by atoms with Gasteiger partial charge in [0.25, 0.3) is 0 Å². The topological polar surface area (TPSA) is 76.8 Å². The molecule has 0 bridgehead atoms. The second-order valence-electron chi connectivity index (χ2n) is 6.31. The van der Waals surface area contributed by atoms with E-state index in [1.54, 1.807) is 19.6 Å². The number of para-hydroxylation sites is 1. The Morgan fingerprint density at radius 2 is 1.82 bits per heavy atom. The Morgan fingerprint density at radius 3 is 2.68 bits per heavy atom. The van der Waals surface area contributed by atoms with E-state index in [0.717, 1.165) is 39.1 Å². The zero-order valence-electron chi connectivity index (χ0n) is 15.1. The van der Waals surface area contributed by atoms with Gasteiger partial charge in [-0.15, -0.1) is 0 Å². The smallest absolute Gasteiger partial charge is 0.225 e. The van der Waals surface area contributed by atoms with Crippen LogP contribution >= 0.6 is 0 Å². The number of benzene rings is 2. The molecular weight excluding hydrogens is 352 g/mol. The fourth-order valence-electron chi connectivity index (χ4n) is 3.31. The largest absolute Gasteiger partial charge is 0.496 e. The number of rotatable bonds is 4. The lowest BCUT2D eigenvalue weighted by atomic mass is 10.0. The predicted octanol–water partition coefficient (Wildman–Crippen LogP) is 4.96. The first kappa shape index (κ1) is 16.3. The van der Waals surface area contributed by atoms with Crippen LogP contribution in [0.4, 0.5) is 0 Å². The standard InChI is InChI=1S/C22H16N4O2/c1-27-19-8-3-2-7-17(19)20-18-12-16(13-24-21(18)26-25-20)14-5-4-6-15(11-14)22-23-9-10-28-22/h2-13H,1H3,(H,24,25,26). The summed E-state index contributed by atoms with van der Waals surface area (Å²) in [5, 5.41) is 8.38. The van der Waals surface area contributed by atoms with E-state index in [1.807, 2.05) is 54.7 Å². The quantitative estimate of drug-likeness (QED) is 0.485. The molecule has 5 aromatic rings. The number of oxazole rings is 1. The van der Waals surface area contributed by atoms with Crippen LogP contribution in [-0.4, -0.2) is 27.3 Å². The minimum Gasteiger partial charge on any atom is -0.496 e. The van der Waals surface area contributed by atoms with Gasteiger partial charge in [-0.1, -0.05) is 24.3 Å². The van der Waals surface area contributed by atoms with Crippen LogP contribution < -0.4 is 4.74 Å². The van der Waals surface area contributed by atoms with Crippen molar-refractivity contribution in [2.45, 2.75) is 0 Å². The van der Waals surface area contributed by atoms with Gasteiger partial charge < -0.3 is 9.15 Å². The van der Waals surface area contributed by atoms with Gasteiger partial charge in [0.1, 0.15) is 12.0 Å². The number of aromatic amines is 1. The zero-order valence-corrected chi connectivity index (χ0v) is 15.1. The second-order valence-corrected chi connectivity index (χ2v) is 6.31. The van der Waals surface area contributed by atoms with E-state index >= 15 is 0 Å². The van der Waals surface area contributed by atoms with E-state index in [1.165, 1.54) is 0 Å². The molecule has 3 aromatic heterocycles. The number of pyridine rings is 1. The monoisotopic (exact) mass is 368 g/mol. The number of hydrogen-bond donors (Lipinski definition) is 1. The minimum absolute atomic E-state index is 0.592. The molecule has 6 heteroatoms. The molecule has 0 saturated carbocycles. The Labute approximate surface area is 160 Å². The molecule has 136 valence electrons. The maximum Gasteiger partial charge on any atom is 0.225 e. The van der Waals surface area contributed by atoms with E-state index in [9.17, 15) is 0 Å². The van der Waals surface area contributed by atoms with Crippen LogP contribution in [0.3, 0.4) is 0 Å². The number of nitrogens with zero attached hydrogens (tertiary/aromatic N) is 3. The minimum atomic E-state index is 0.592. The van der Waals surface area contributed by atoms with Crippen molar-refractivity contribution in [1.82, 2.24) is 20.2 Å². The average molecular weight is 368 g/mol. The normalized spacial score (nSPS) is 11.0. The predicted molar refractivity (Wildman–Crippen MR) is 107 cm³/mol. The highest BCUT2D eigenvalue weighted by atomic mass is 16.5. The molecule has 2 aromatic carbocycles. The molecule has 28 heavy (non-hydrogen) atoms. The van der Waals surface area contributed by atoms with E-state index in [-0.39, 0.29) is 0 Å². The highest BCUT2D eigenvalue weighted by molar-refractivity contribution is 5.94. The number of H-pyrrole nitrogens is 1. The van der Waals surface area contributed by atoms with Crippen LogP contribution in [0.2, 0.25) is 0 Å². The first-order chi connectivity index (χ1) is 13.8. The highest BCUT2D eigenvalue weighted by Gasteiger charge is 2.14. The van der Waals surface area contributed by atoms with Crippen molar-refractivity contribution < 1.29 is 9.15 Å².